The molecule has 0 aromatic heterocycles. The minimum Gasteiger partial charge on any atom is -0.361 e. The van der Waals surface area contributed by atoms with E-state index < -0.39 is 6.23 Å². The lowest BCUT2D eigenvalue weighted by atomic mass is 10.2. The average Bonchev–Trinajstić information content (AvgIpc) is 2.36. The summed E-state index contributed by atoms with van der Waals surface area (Å²) in [5, 5.41) is 5.30. The van der Waals surface area contributed by atoms with Crippen LogP contribution in [0.15, 0.2) is 30.3 Å². The monoisotopic (exact) mass is 250 g/mol. The fraction of sp³-hybridized carbons (Fsp3) is 0.385. The zero-order chi connectivity index (χ0) is 13.4. The van der Waals surface area contributed by atoms with Gasteiger partial charge in [-0.05, 0) is 5.56 Å². The van der Waals surface area contributed by atoms with Gasteiger partial charge in [-0.2, -0.15) is 0 Å². The number of nitrogens with one attached hydrogen (secondary N) is 2. The number of carbonyl (C=O) groups excluding carboxylic acids is 2. The Kier molecular flexibility index (Phi) is 5.87. The normalized spacial score (nSPS) is 11.7. The second kappa shape index (κ2) is 7.45. The van der Waals surface area contributed by atoms with Crippen molar-refractivity contribution in [3.63, 3.8) is 0 Å². The van der Waals surface area contributed by atoms with Crippen molar-refractivity contribution in [2.24, 2.45) is 0 Å². The van der Waals surface area contributed by atoms with Crippen LogP contribution in [0.25, 0.3) is 0 Å². The van der Waals surface area contributed by atoms with Crippen molar-refractivity contribution >= 4 is 11.8 Å². The summed E-state index contributed by atoms with van der Waals surface area (Å²) >= 11 is 0. The molecule has 98 valence electrons. The number of methoxy groups -OCH3 is 1. The second-order valence-electron chi connectivity index (χ2n) is 3.89. The maximum Gasteiger partial charge on any atom is 0.224 e. The van der Waals surface area contributed by atoms with Crippen LogP contribution in [0.5, 0.6) is 0 Å². The van der Waals surface area contributed by atoms with Crippen LogP contribution >= 0.6 is 0 Å². The molecule has 1 aromatic rings. The smallest absolute Gasteiger partial charge is 0.224 e. The molecule has 5 nitrogen and oxygen atoms in total. The van der Waals surface area contributed by atoms with Crippen molar-refractivity contribution in [1.82, 2.24) is 10.6 Å². The van der Waals surface area contributed by atoms with Gasteiger partial charge in [0.15, 0.2) is 0 Å². The SMILES string of the molecule is COC(CC(=O)NCc1ccccc1)NC(C)=O. The van der Waals surface area contributed by atoms with Crippen molar-refractivity contribution in [3.05, 3.63) is 35.9 Å². The van der Waals surface area contributed by atoms with Crippen molar-refractivity contribution in [2.45, 2.75) is 26.1 Å². The lowest BCUT2D eigenvalue weighted by molar-refractivity contribution is -0.127. The van der Waals surface area contributed by atoms with Crippen LogP contribution in [0.1, 0.15) is 18.9 Å². The van der Waals surface area contributed by atoms with Gasteiger partial charge in [0.05, 0.1) is 6.42 Å². The molecule has 0 aliphatic heterocycles. The highest BCUT2D eigenvalue weighted by Gasteiger charge is 2.13. The predicted molar refractivity (Wildman–Crippen MR) is 67.5 cm³/mol. The Morgan fingerprint density at radius 1 is 1.28 bits per heavy atom. The second-order valence-corrected chi connectivity index (χ2v) is 3.89. The molecule has 1 aromatic carbocycles. The van der Waals surface area contributed by atoms with Crippen LogP contribution < -0.4 is 10.6 Å². The number of amides is 2. The van der Waals surface area contributed by atoms with E-state index >= 15 is 0 Å². The third-order valence-corrected chi connectivity index (χ3v) is 2.35. The van der Waals surface area contributed by atoms with Crippen LogP contribution in [0.2, 0.25) is 0 Å². The van der Waals surface area contributed by atoms with Crippen molar-refractivity contribution in [3.8, 4) is 0 Å². The number of carbonyl (C=O) groups is 2. The van der Waals surface area contributed by atoms with E-state index in [1.807, 2.05) is 30.3 Å². The molecule has 0 bridgehead atoms. The highest BCUT2D eigenvalue weighted by Crippen LogP contribution is 1.98. The number of ether oxygens (including phenoxy) is 1. The summed E-state index contributed by atoms with van der Waals surface area (Å²) in [5.41, 5.74) is 1.03. The maximum atomic E-state index is 11.6. The molecule has 0 radical (unpaired) electrons. The molecular weight excluding hydrogens is 232 g/mol. The van der Waals surface area contributed by atoms with Gasteiger partial charge in [-0.25, -0.2) is 0 Å². The zero-order valence-corrected chi connectivity index (χ0v) is 10.6. The predicted octanol–water partition coefficient (Wildman–Crippen LogP) is 0.801. The minimum absolute atomic E-state index is 0.100. The van der Waals surface area contributed by atoms with E-state index in [0.29, 0.717) is 6.54 Å². The van der Waals surface area contributed by atoms with E-state index in [1.165, 1.54) is 14.0 Å². The van der Waals surface area contributed by atoms with Crippen LogP contribution in [0.3, 0.4) is 0 Å². The Bertz CT molecular complexity index is 392. The van der Waals surface area contributed by atoms with Crippen molar-refractivity contribution < 1.29 is 14.3 Å². The first-order chi connectivity index (χ1) is 8.61. The fourth-order valence-corrected chi connectivity index (χ4v) is 1.46. The van der Waals surface area contributed by atoms with Crippen LogP contribution in [0.4, 0.5) is 0 Å². The molecule has 0 aliphatic carbocycles. The summed E-state index contributed by atoms with van der Waals surface area (Å²) in [6.45, 7) is 1.85. The van der Waals surface area contributed by atoms with Crippen molar-refractivity contribution in [2.75, 3.05) is 7.11 Å². The van der Waals surface area contributed by atoms with E-state index in [-0.39, 0.29) is 18.2 Å². The van der Waals surface area contributed by atoms with E-state index in [2.05, 4.69) is 10.6 Å². The average molecular weight is 250 g/mol. The van der Waals surface area contributed by atoms with Crippen LogP contribution in [-0.2, 0) is 20.9 Å². The third-order valence-electron chi connectivity index (χ3n) is 2.35. The Morgan fingerprint density at radius 2 is 1.94 bits per heavy atom. The number of benzene rings is 1. The van der Waals surface area contributed by atoms with E-state index in [0.717, 1.165) is 5.56 Å². The molecule has 2 amide bonds. The molecule has 0 fully saturated rings. The Hall–Kier alpha value is -1.88. The summed E-state index contributed by atoms with van der Waals surface area (Å²) in [6, 6.07) is 9.61. The van der Waals surface area contributed by atoms with Gasteiger partial charge in [0.2, 0.25) is 11.8 Å². The third kappa shape index (κ3) is 5.45. The zero-order valence-electron chi connectivity index (χ0n) is 10.6. The van der Waals surface area contributed by atoms with Crippen LogP contribution in [-0.4, -0.2) is 25.2 Å². The molecule has 18 heavy (non-hydrogen) atoms. The first-order valence-corrected chi connectivity index (χ1v) is 5.72. The van der Waals surface area contributed by atoms with Gasteiger partial charge in [-0.3, -0.25) is 9.59 Å². The lowest BCUT2D eigenvalue weighted by Gasteiger charge is -2.15. The summed E-state index contributed by atoms with van der Waals surface area (Å²) in [7, 11) is 1.45. The molecule has 0 aliphatic rings. The molecule has 1 atom stereocenters. The molecule has 0 saturated heterocycles. The summed E-state index contributed by atoms with van der Waals surface area (Å²) in [6.07, 6.45) is -0.485. The largest absolute Gasteiger partial charge is 0.361 e. The molecule has 1 unspecified atom stereocenters. The first kappa shape index (κ1) is 14.2. The quantitative estimate of drug-likeness (QED) is 0.734. The molecule has 0 heterocycles. The highest BCUT2D eigenvalue weighted by atomic mass is 16.5. The highest BCUT2D eigenvalue weighted by molar-refractivity contribution is 5.78. The first-order valence-electron chi connectivity index (χ1n) is 5.72. The van der Waals surface area contributed by atoms with Gasteiger partial charge in [-0.15, -0.1) is 0 Å². The number of rotatable bonds is 6. The van der Waals surface area contributed by atoms with Gasteiger partial charge in [0.1, 0.15) is 6.23 Å². The van der Waals surface area contributed by atoms with Gasteiger partial charge < -0.3 is 15.4 Å². The van der Waals surface area contributed by atoms with Crippen LogP contribution in [0, 0.1) is 0 Å². The lowest BCUT2D eigenvalue weighted by Crippen LogP contribution is -2.39. The maximum absolute atomic E-state index is 11.6. The van der Waals surface area contributed by atoms with E-state index in [1.54, 1.807) is 0 Å². The number of hydrogen-bond donors (Lipinski definition) is 2. The van der Waals surface area contributed by atoms with Gasteiger partial charge in [-0.1, -0.05) is 30.3 Å². The molecular formula is C13H18N2O3. The topological polar surface area (TPSA) is 67.4 Å². The minimum atomic E-state index is -0.585. The summed E-state index contributed by atoms with van der Waals surface area (Å²) in [5.74, 6) is -0.392. The van der Waals surface area contributed by atoms with E-state index in [9.17, 15) is 9.59 Å². The number of hydrogen-bond acceptors (Lipinski definition) is 3. The summed E-state index contributed by atoms with van der Waals surface area (Å²) < 4.78 is 4.99. The fourth-order valence-electron chi connectivity index (χ4n) is 1.46. The molecule has 0 saturated carbocycles. The molecule has 2 N–H and O–H groups in total. The van der Waals surface area contributed by atoms with Crippen molar-refractivity contribution in [1.29, 1.82) is 0 Å². The van der Waals surface area contributed by atoms with Gasteiger partial charge in [0, 0.05) is 20.6 Å². The Labute approximate surface area is 107 Å². The van der Waals surface area contributed by atoms with E-state index in [4.69, 9.17) is 4.74 Å². The molecule has 0 spiro atoms. The Morgan fingerprint density at radius 3 is 2.50 bits per heavy atom. The Balaban J connectivity index is 2.34. The summed E-state index contributed by atoms with van der Waals surface area (Å²) in [4.78, 5) is 22.5. The standard InChI is InChI=1S/C13H18N2O3/c1-10(16)15-13(18-2)8-12(17)14-9-11-6-4-3-5-7-11/h3-7,13H,8-9H2,1-2H3,(H,14,17)(H,15,16). The van der Waals surface area contributed by atoms with Gasteiger partial charge >= 0.3 is 0 Å². The molecule has 5 heteroatoms. The van der Waals surface area contributed by atoms with Gasteiger partial charge in [0.25, 0.3) is 0 Å². The molecule has 1 rings (SSSR count).